The highest BCUT2D eigenvalue weighted by molar-refractivity contribution is 7.06. The van der Waals surface area contributed by atoms with Crippen LogP contribution < -0.4 is 5.32 Å². The molecule has 1 aliphatic carbocycles. The molecule has 1 N–H and O–H groups in total. The predicted molar refractivity (Wildman–Crippen MR) is 102 cm³/mol. The summed E-state index contributed by atoms with van der Waals surface area (Å²) in [6.45, 7) is 5.99. The number of carbonyl (C=O) groups excluding carboxylic acids is 1. The summed E-state index contributed by atoms with van der Waals surface area (Å²) in [7, 11) is 0. The highest BCUT2D eigenvalue weighted by atomic mass is 32.1. The number of ether oxygens (including phenoxy) is 1. The summed E-state index contributed by atoms with van der Waals surface area (Å²) in [5.74, 6) is 0.428. The molecular weight excluding hydrogens is 332 g/mol. The molecule has 132 valence electrons. The zero-order valence-corrected chi connectivity index (χ0v) is 15.7. The van der Waals surface area contributed by atoms with Crippen LogP contribution in [0.4, 0.5) is 10.5 Å². The van der Waals surface area contributed by atoms with Gasteiger partial charge in [-0.2, -0.15) is 4.37 Å². The molecule has 5 heteroatoms. The Morgan fingerprint density at radius 3 is 2.76 bits per heavy atom. The Morgan fingerprint density at radius 2 is 2.08 bits per heavy atom. The third-order valence-electron chi connectivity index (χ3n) is 4.68. The Balaban J connectivity index is 1.68. The van der Waals surface area contributed by atoms with Crippen molar-refractivity contribution < 1.29 is 9.53 Å². The van der Waals surface area contributed by atoms with Gasteiger partial charge in [0.1, 0.15) is 6.10 Å². The van der Waals surface area contributed by atoms with Crippen LogP contribution in [-0.4, -0.2) is 10.5 Å². The Bertz CT molecular complexity index is 767. The van der Waals surface area contributed by atoms with Gasteiger partial charge in [-0.25, -0.2) is 4.79 Å². The van der Waals surface area contributed by atoms with Crippen molar-refractivity contribution in [2.45, 2.75) is 52.1 Å². The van der Waals surface area contributed by atoms with Gasteiger partial charge in [0.05, 0.1) is 16.3 Å². The molecule has 1 aliphatic rings. The molecule has 0 aliphatic heterocycles. The lowest BCUT2D eigenvalue weighted by atomic mass is 9.88. The Hall–Kier alpha value is -2.14. The van der Waals surface area contributed by atoms with E-state index in [1.807, 2.05) is 44.2 Å². The van der Waals surface area contributed by atoms with Gasteiger partial charge in [-0.3, -0.25) is 5.32 Å². The van der Waals surface area contributed by atoms with Crippen LogP contribution in [0.3, 0.4) is 0 Å². The minimum atomic E-state index is -0.427. The monoisotopic (exact) mass is 356 g/mol. The quantitative estimate of drug-likeness (QED) is 0.686. The van der Waals surface area contributed by atoms with E-state index < -0.39 is 6.09 Å². The van der Waals surface area contributed by atoms with Gasteiger partial charge < -0.3 is 4.74 Å². The van der Waals surface area contributed by atoms with Gasteiger partial charge in [0.15, 0.2) is 0 Å². The topological polar surface area (TPSA) is 51.2 Å². The Labute approximate surface area is 153 Å². The lowest BCUT2D eigenvalue weighted by Crippen LogP contribution is -2.17. The molecule has 1 heterocycles. The second-order valence-electron chi connectivity index (χ2n) is 6.61. The summed E-state index contributed by atoms with van der Waals surface area (Å²) >= 11 is 1.49. The van der Waals surface area contributed by atoms with E-state index in [2.05, 4.69) is 22.7 Å². The number of aromatic nitrogens is 1. The number of hydrogen-bond donors (Lipinski definition) is 1. The number of aryl methyl sites for hydroxylation is 1. The molecule has 0 spiro atoms. The molecule has 2 aromatic rings. The number of anilines is 1. The molecule has 2 atom stereocenters. The van der Waals surface area contributed by atoms with E-state index in [0.29, 0.717) is 5.92 Å². The zero-order chi connectivity index (χ0) is 17.8. The maximum Gasteiger partial charge on any atom is 0.412 e. The van der Waals surface area contributed by atoms with E-state index >= 15 is 0 Å². The first-order chi connectivity index (χ1) is 12.0. The number of allylic oxidation sites excluding steroid dienone is 2. The van der Waals surface area contributed by atoms with Crippen molar-refractivity contribution in [3.8, 4) is 0 Å². The van der Waals surface area contributed by atoms with Gasteiger partial charge in [0.2, 0.25) is 0 Å². The van der Waals surface area contributed by atoms with Crippen LogP contribution in [0, 0.1) is 6.92 Å². The number of nitrogens with zero attached hydrogens (tertiary/aromatic N) is 1. The molecule has 1 unspecified atom stereocenters. The second-order valence-corrected chi connectivity index (χ2v) is 7.42. The molecule has 1 amide bonds. The summed E-state index contributed by atoms with van der Waals surface area (Å²) in [6, 6.07) is 9.74. The summed E-state index contributed by atoms with van der Waals surface area (Å²) in [4.78, 5) is 13.5. The molecule has 0 bridgehead atoms. The number of benzene rings is 1. The Morgan fingerprint density at radius 1 is 1.32 bits per heavy atom. The summed E-state index contributed by atoms with van der Waals surface area (Å²) in [5.41, 5.74) is 4.11. The summed E-state index contributed by atoms with van der Waals surface area (Å²) in [6.07, 6.45) is 4.80. The van der Waals surface area contributed by atoms with Crippen LogP contribution in [0.5, 0.6) is 0 Å². The number of amides is 1. The normalized spacial score (nSPS) is 18.4. The maximum atomic E-state index is 12.4. The molecule has 25 heavy (non-hydrogen) atoms. The molecular formula is C20H24N2O2S. The average Bonchev–Trinajstić information content (AvgIpc) is 2.97. The molecule has 0 saturated carbocycles. The number of rotatable bonds is 4. The number of carbonyl (C=O) groups is 1. The van der Waals surface area contributed by atoms with E-state index in [9.17, 15) is 4.79 Å². The standard InChI is InChI=1S/C20H24N2O2S/c1-13-9-11-17(12-10-13)19-18(14(2)22-25-19)21-20(23)24-15(3)16-7-5-4-6-8-16/h4-9,15,17H,10-12H2,1-3H3,(H,21,23)/t15-,17?/m1/s1. The molecule has 0 saturated heterocycles. The molecule has 0 fully saturated rings. The molecule has 4 nitrogen and oxygen atoms in total. The van der Waals surface area contributed by atoms with E-state index in [1.165, 1.54) is 17.1 Å². The van der Waals surface area contributed by atoms with Gasteiger partial charge in [0, 0.05) is 5.92 Å². The lowest BCUT2D eigenvalue weighted by molar-refractivity contribution is 0.121. The van der Waals surface area contributed by atoms with Crippen LogP contribution in [-0.2, 0) is 4.74 Å². The third-order valence-corrected chi connectivity index (χ3v) is 5.78. The first-order valence-corrected chi connectivity index (χ1v) is 9.46. The van der Waals surface area contributed by atoms with Crippen molar-refractivity contribution in [1.82, 2.24) is 4.37 Å². The van der Waals surface area contributed by atoms with Crippen molar-refractivity contribution in [2.24, 2.45) is 0 Å². The van der Waals surface area contributed by atoms with Crippen LogP contribution in [0.2, 0.25) is 0 Å². The first kappa shape index (κ1) is 17.7. The summed E-state index contributed by atoms with van der Waals surface area (Å²) in [5, 5.41) is 2.93. The fraction of sp³-hybridized carbons (Fsp3) is 0.400. The van der Waals surface area contributed by atoms with Crippen molar-refractivity contribution >= 4 is 23.3 Å². The van der Waals surface area contributed by atoms with E-state index in [-0.39, 0.29) is 6.10 Å². The fourth-order valence-corrected chi connectivity index (χ4v) is 4.09. The minimum Gasteiger partial charge on any atom is -0.441 e. The largest absolute Gasteiger partial charge is 0.441 e. The van der Waals surface area contributed by atoms with E-state index in [0.717, 1.165) is 41.1 Å². The third kappa shape index (κ3) is 4.28. The van der Waals surface area contributed by atoms with Crippen molar-refractivity contribution in [2.75, 3.05) is 5.32 Å². The smallest absolute Gasteiger partial charge is 0.412 e. The molecule has 1 aromatic heterocycles. The second kappa shape index (κ2) is 7.83. The fourth-order valence-electron chi connectivity index (χ4n) is 3.11. The first-order valence-electron chi connectivity index (χ1n) is 8.69. The van der Waals surface area contributed by atoms with Crippen LogP contribution in [0.1, 0.15) is 61.3 Å². The Kier molecular flexibility index (Phi) is 5.53. The highest BCUT2D eigenvalue weighted by Crippen LogP contribution is 2.39. The van der Waals surface area contributed by atoms with Crippen molar-refractivity contribution in [1.29, 1.82) is 0 Å². The van der Waals surface area contributed by atoms with E-state index in [4.69, 9.17) is 4.74 Å². The van der Waals surface area contributed by atoms with Crippen LogP contribution in [0.15, 0.2) is 42.0 Å². The number of nitrogens with one attached hydrogen (secondary N) is 1. The van der Waals surface area contributed by atoms with E-state index in [1.54, 1.807) is 0 Å². The molecule has 3 rings (SSSR count). The van der Waals surface area contributed by atoms with Gasteiger partial charge in [-0.1, -0.05) is 42.0 Å². The zero-order valence-electron chi connectivity index (χ0n) is 14.9. The maximum absolute atomic E-state index is 12.4. The number of hydrogen-bond acceptors (Lipinski definition) is 4. The van der Waals surface area contributed by atoms with Crippen molar-refractivity contribution in [3.63, 3.8) is 0 Å². The van der Waals surface area contributed by atoms with Gasteiger partial charge in [-0.15, -0.1) is 0 Å². The highest BCUT2D eigenvalue weighted by Gasteiger charge is 2.24. The van der Waals surface area contributed by atoms with Gasteiger partial charge >= 0.3 is 6.09 Å². The lowest BCUT2D eigenvalue weighted by Gasteiger charge is -2.21. The van der Waals surface area contributed by atoms with Gasteiger partial charge in [0.25, 0.3) is 0 Å². The average molecular weight is 356 g/mol. The van der Waals surface area contributed by atoms with Crippen molar-refractivity contribution in [3.05, 3.63) is 58.1 Å². The molecule has 1 aromatic carbocycles. The summed E-state index contributed by atoms with van der Waals surface area (Å²) < 4.78 is 9.99. The predicted octanol–water partition coefficient (Wildman–Crippen LogP) is 5.98. The van der Waals surface area contributed by atoms with Gasteiger partial charge in [-0.05, 0) is 57.1 Å². The SMILES string of the molecule is CC1=CCC(c2snc(C)c2NC(=O)O[C@H](C)c2ccccc2)CC1. The minimum absolute atomic E-state index is 0.295. The van der Waals surface area contributed by atoms with Crippen LogP contribution in [0.25, 0.3) is 0 Å². The van der Waals surface area contributed by atoms with Crippen LogP contribution >= 0.6 is 11.5 Å². The molecule has 0 radical (unpaired) electrons.